The van der Waals surface area contributed by atoms with Crippen molar-refractivity contribution in [1.29, 1.82) is 0 Å². The van der Waals surface area contributed by atoms with Gasteiger partial charge in [-0.05, 0) is 57.9 Å². The van der Waals surface area contributed by atoms with Crippen LogP contribution in [0.15, 0.2) is 59.5 Å². The van der Waals surface area contributed by atoms with Gasteiger partial charge in [0.15, 0.2) is 5.82 Å². The van der Waals surface area contributed by atoms with E-state index in [1.807, 2.05) is 12.1 Å². The summed E-state index contributed by atoms with van der Waals surface area (Å²) in [6.45, 7) is 0.131. The number of carbonyl (C=O) groups excluding carboxylic acids is 1. The third-order valence-electron chi connectivity index (χ3n) is 5.62. The molecular formula is C23H17BrF2N6O. The highest BCUT2D eigenvalue weighted by Crippen LogP contribution is 2.35. The topological polar surface area (TPSA) is 97.9 Å². The first-order chi connectivity index (χ1) is 15.9. The maximum Gasteiger partial charge on any atom is 0.265 e. The van der Waals surface area contributed by atoms with Gasteiger partial charge >= 0.3 is 0 Å². The third kappa shape index (κ3) is 4.02. The zero-order chi connectivity index (χ0) is 23.1. The molecule has 0 unspecified atom stereocenters. The summed E-state index contributed by atoms with van der Waals surface area (Å²) in [4.78, 5) is 32.6. The zero-order valence-electron chi connectivity index (χ0n) is 17.1. The molecule has 10 heteroatoms. The zero-order valence-corrected chi connectivity index (χ0v) is 18.7. The Morgan fingerprint density at radius 2 is 1.94 bits per heavy atom. The molecule has 166 valence electrons. The summed E-state index contributed by atoms with van der Waals surface area (Å²) in [6.07, 6.45) is 2.24. The van der Waals surface area contributed by atoms with Gasteiger partial charge in [0.25, 0.3) is 12.3 Å². The van der Waals surface area contributed by atoms with Crippen molar-refractivity contribution in [3.8, 4) is 0 Å². The summed E-state index contributed by atoms with van der Waals surface area (Å²) in [5.74, 6) is 0.639. The summed E-state index contributed by atoms with van der Waals surface area (Å²) in [7, 11) is 0. The summed E-state index contributed by atoms with van der Waals surface area (Å²) in [5.41, 5.74) is 8.31. The number of carbonyl (C=O) groups is 1. The van der Waals surface area contributed by atoms with Gasteiger partial charge in [0.2, 0.25) is 0 Å². The number of nitrogens with two attached hydrogens (primary N) is 1. The molecule has 0 radical (unpaired) electrons. The smallest absolute Gasteiger partial charge is 0.265 e. The van der Waals surface area contributed by atoms with Gasteiger partial charge in [-0.1, -0.05) is 0 Å². The number of alkyl halides is 2. The van der Waals surface area contributed by atoms with Gasteiger partial charge in [-0.3, -0.25) is 9.78 Å². The lowest BCUT2D eigenvalue weighted by molar-refractivity contribution is 0.0616. The van der Waals surface area contributed by atoms with Gasteiger partial charge < -0.3 is 10.6 Å². The Morgan fingerprint density at radius 3 is 2.64 bits per heavy atom. The molecule has 1 aliphatic heterocycles. The molecule has 4 aromatic rings. The van der Waals surface area contributed by atoms with Crippen LogP contribution < -0.4 is 5.73 Å². The number of halogens is 3. The number of benzene rings is 1. The first-order valence-corrected chi connectivity index (χ1v) is 10.9. The molecule has 1 atom stereocenters. The van der Waals surface area contributed by atoms with Crippen LogP contribution in [0.5, 0.6) is 0 Å². The van der Waals surface area contributed by atoms with Gasteiger partial charge in [0.05, 0.1) is 28.3 Å². The second kappa shape index (κ2) is 8.43. The molecule has 3 aromatic heterocycles. The van der Waals surface area contributed by atoms with E-state index in [0.717, 1.165) is 17.1 Å². The van der Waals surface area contributed by atoms with Crippen molar-refractivity contribution >= 4 is 38.6 Å². The predicted molar refractivity (Wildman–Crippen MR) is 121 cm³/mol. The van der Waals surface area contributed by atoms with Crippen LogP contribution in [0.2, 0.25) is 0 Å². The van der Waals surface area contributed by atoms with Crippen molar-refractivity contribution in [2.45, 2.75) is 25.4 Å². The number of nitrogen functional groups attached to an aromatic ring is 1. The summed E-state index contributed by atoms with van der Waals surface area (Å²) in [6, 6.07) is 9.58. The molecule has 7 nitrogen and oxygen atoms in total. The highest BCUT2D eigenvalue weighted by atomic mass is 79.9. The maximum atomic E-state index is 13.6. The molecule has 33 heavy (non-hydrogen) atoms. The largest absolute Gasteiger partial charge is 0.383 e. The molecule has 1 aliphatic rings. The van der Waals surface area contributed by atoms with E-state index < -0.39 is 12.5 Å². The van der Waals surface area contributed by atoms with Gasteiger partial charge in [0, 0.05) is 41.5 Å². The lowest BCUT2D eigenvalue weighted by Crippen LogP contribution is -2.40. The van der Waals surface area contributed by atoms with Crippen LogP contribution in [0, 0.1) is 0 Å². The molecule has 1 aromatic carbocycles. The second-order valence-corrected chi connectivity index (χ2v) is 8.56. The minimum Gasteiger partial charge on any atom is -0.383 e. The molecule has 0 saturated carbocycles. The molecule has 4 heterocycles. The van der Waals surface area contributed by atoms with E-state index in [4.69, 9.17) is 5.73 Å². The summed E-state index contributed by atoms with van der Waals surface area (Å²) < 4.78 is 26.5. The fourth-order valence-electron chi connectivity index (χ4n) is 3.97. The van der Waals surface area contributed by atoms with Crippen molar-refractivity contribution in [1.82, 2.24) is 24.8 Å². The minimum absolute atomic E-state index is 0.131. The first-order valence-electron chi connectivity index (χ1n) is 10.1. The second-order valence-electron chi connectivity index (χ2n) is 7.70. The van der Waals surface area contributed by atoms with Gasteiger partial charge in [-0.2, -0.15) is 0 Å². The van der Waals surface area contributed by atoms with Crippen molar-refractivity contribution in [3.63, 3.8) is 0 Å². The first kappa shape index (κ1) is 21.3. The molecule has 1 amide bonds. The third-order valence-corrected chi connectivity index (χ3v) is 6.25. The van der Waals surface area contributed by atoms with E-state index in [-0.39, 0.29) is 18.0 Å². The Hall–Kier alpha value is -3.53. The standard InChI is InChI=1S/C23H17BrF2N6O/c24-17-7-14-6-16-13(8-18(14)31-21(17)27)9-19(22-28-4-1-5-29-22)32(23(16)33)11-15-3-2-12(10-30-15)20(25)26/h1-8,10,19-20H,9,11H2,(H2,27,31)/t19-/m1/s1. The molecule has 5 rings (SSSR count). The van der Waals surface area contributed by atoms with Crippen LogP contribution in [0.4, 0.5) is 14.6 Å². The Bertz CT molecular complexity index is 1350. The molecular weight excluding hydrogens is 494 g/mol. The fraction of sp³-hybridized carbons (Fsp3) is 0.174. The number of amides is 1. The molecule has 2 N–H and O–H groups in total. The van der Waals surface area contributed by atoms with Gasteiger partial charge in [-0.15, -0.1) is 0 Å². The number of rotatable bonds is 4. The Morgan fingerprint density at radius 1 is 1.15 bits per heavy atom. The quantitative estimate of drug-likeness (QED) is 0.429. The van der Waals surface area contributed by atoms with Crippen molar-refractivity contribution in [2.75, 3.05) is 5.73 Å². The van der Waals surface area contributed by atoms with Crippen LogP contribution >= 0.6 is 15.9 Å². The van der Waals surface area contributed by atoms with Crippen molar-refractivity contribution in [3.05, 3.63) is 87.7 Å². The number of hydrogen-bond acceptors (Lipinski definition) is 6. The van der Waals surface area contributed by atoms with E-state index in [1.54, 1.807) is 29.4 Å². The van der Waals surface area contributed by atoms with Crippen LogP contribution in [0.3, 0.4) is 0 Å². The lowest BCUT2D eigenvalue weighted by Gasteiger charge is -2.35. The van der Waals surface area contributed by atoms with Crippen LogP contribution in [-0.2, 0) is 13.0 Å². The predicted octanol–water partition coefficient (Wildman–Crippen LogP) is 4.64. The SMILES string of the molecule is Nc1nc2cc3c(cc2cc1Br)C(=O)N(Cc1ccc(C(F)F)cn1)[C@@H](c1ncccn1)C3. The molecule has 0 spiro atoms. The van der Waals surface area contributed by atoms with E-state index in [0.29, 0.717) is 39.3 Å². The fourth-order valence-corrected chi connectivity index (χ4v) is 4.30. The monoisotopic (exact) mass is 510 g/mol. The van der Waals surface area contributed by atoms with Gasteiger partial charge in [0.1, 0.15) is 5.82 Å². The van der Waals surface area contributed by atoms with E-state index in [1.165, 1.54) is 12.1 Å². The summed E-state index contributed by atoms with van der Waals surface area (Å²) in [5, 5.41) is 0.775. The van der Waals surface area contributed by atoms with Crippen LogP contribution in [0.1, 0.15) is 45.5 Å². The Labute approximate surface area is 195 Å². The van der Waals surface area contributed by atoms with Crippen LogP contribution in [0.25, 0.3) is 10.9 Å². The van der Waals surface area contributed by atoms with E-state index in [2.05, 4.69) is 35.9 Å². The van der Waals surface area contributed by atoms with Crippen LogP contribution in [-0.4, -0.2) is 30.7 Å². The number of fused-ring (bicyclic) bond motifs is 2. The highest BCUT2D eigenvalue weighted by Gasteiger charge is 2.35. The van der Waals surface area contributed by atoms with Crippen molar-refractivity contribution in [2.24, 2.45) is 0 Å². The normalized spacial score (nSPS) is 15.8. The average molecular weight is 511 g/mol. The number of anilines is 1. The maximum absolute atomic E-state index is 13.6. The lowest BCUT2D eigenvalue weighted by atomic mass is 9.91. The average Bonchev–Trinajstić information content (AvgIpc) is 2.82. The summed E-state index contributed by atoms with van der Waals surface area (Å²) >= 11 is 3.38. The molecule has 0 bridgehead atoms. The minimum atomic E-state index is -2.60. The van der Waals surface area contributed by atoms with Crippen molar-refractivity contribution < 1.29 is 13.6 Å². The van der Waals surface area contributed by atoms with E-state index >= 15 is 0 Å². The number of pyridine rings is 2. The highest BCUT2D eigenvalue weighted by molar-refractivity contribution is 9.10. The number of hydrogen-bond donors (Lipinski definition) is 1. The Balaban J connectivity index is 1.58. The van der Waals surface area contributed by atoms with E-state index in [9.17, 15) is 13.6 Å². The molecule has 0 saturated heterocycles. The Kier molecular flexibility index (Phi) is 5.45. The number of aromatic nitrogens is 4. The van der Waals surface area contributed by atoms with Gasteiger partial charge in [-0.25, -0.2) is 23.7 Å². The molecule has 0 fully saturated rings. The molecule has 0 aliphatic carbocycles. The number of nitrogens with zero attached hydrogens (tertiary/aromatic N) is 5.